The Balaban J connectivity index is 3.59. The van der Waals surface area contributed by atoms with Crippen molar-refractivity contribution in [3.8, 4) is 0 Å². The SMILES string of the molecule is [CH]=CC=CC=CC=CC=CC=CC=CC=CC=CCCCCCCCCCCC. The third kappa shape index (κ3) is 25.7. The normalized spacial score (nSPS) is 13.4. The molecule has 0 N–H and O–H groups in total. The molecule has 0 aliphatic heterocycles. The first-order chi connectivity index (χ1) is 14.4. The van der Waals surface area contributed by atoms with Gasteiger partial charge in [0.2, 0.25) is 0 Å². The van der Waals surface area contributed by atoms with Crippen LogP contribution >= 0.6 is 0 Å². The van der Waals surface area contributed by atoms with Crippen LogP contribution in [0.15, 0.2) is 103 Å². The molecule has 0 aliphatic rings. The van der Waals surface area contributed by atoms with E-state index in [1.807, 2.05) is 66.8 Å². The van der Waals surface area contributed by atoms with Gasteiger partial charge >= 0.3 is 0 Å². The van der Waals surface area contributed by atoms with Crippen LogP contribution in [0.25, 0.3) is 0 Å². The fourth-order valence-electron chi connectivity index (χ4n) is 2.65. The fraction of sp³-hybridized carbons (Fsp3) is 0.379. The molecule has 0 saturated heterocycles. The molecule has 0 spiro atoms. The van der Waals surface area contributed by atoms with E-state index in [0.717, 1.165) is 0 Å². The number of unbranched alkanes of at least 4 members (excludes halogenated alkanes) is 9. The van der Waals surface area contributed by atoms with Crippen LogP contribution in [0.3, 0.4) is 0 Å². The molecular formula is C29H41. The Morgan fingerprint density at radius 1 is 0.414 bits per heavy atom. The summed E-state index contributed by atoms with van der Waals surface area (Å²) in [5.74, 6) is 0. The van der Waals surface area contributed by atoms with E-state index in [1.165, 1.54) is 70.3 Å². The monoisotopic (exact) mass is 389 g/mol. The van der Waals surface area contributed by atoms with Crippen LogP contribution in [0.5, 0.6) is 0 Å². The van der Waals surface area contributed by atoms with Crippen molar-refractivity contribution in [3.63, 3.8) is 0 Å². The van der Waals surface area contributed by atoms with Crippen LogP contribution in [0, 0.1) is 6.58 Å². The number of hydrogen-bond donors (Lipinski definition) is 0. The first-order valence-corrected chi connectivity index (χ1v) is 11.3. The second-order valence-electron chi connectivity index (χ2n) is 6.93. The minimum atomic E-state index is 1.19. The van der Waals surface area contributed by atoms with E-state index < -0.39 is 0 Å². The van der Waals surface area contributed by atoms with Gasteiger partial charge in [0.1, 0.15) is 0 Å². The first-order valence-electron chi connectivity index (χ1n) is 11.3. The van der Waals surface area contributed by atoms with E-state index in [0.29, 0.717) is 0 Å². The predicted molar refractivity (Wildman–Crippen MR) is 134 cm³/mol. The van der Waals surface area contributed by atoms with Gasteiger partial charge in [-0.25, -0.2) is 0 Å². The van der Waals surface area contributed by atoms with Gasteiger partial charge in [-0.05, 0) is 12.8 Å². The van der Waals surface area contributed by atoms with Gasteiger partial charge in [-0.1, -0.05) is 168 Å². The first kappa shape index (κ1) is 26.7. The predicted octanol–water partition coefficient (Wildman–Crippen LogP) is 9.35. The highest BCUT2D eigenvalue weighted by Crippen LogP contribution is 2.10. The maximum Gasteiger partial charge on any atom is -0.0348 e. The lowest BCUT2D eigenvalue weighted by atomic mass is 10.1. The molecule has 0 rings (SSSR count). The van der Waals surface area contributed by atoms with Gasteiger partial charge in [0.15, 0.2) is 0 Å². The Morgan fingerprint density at radius 3 is 1.17 bits per heavy atom. The van der Waals surface area contributed by atoms with E-state index in [1.54, 1.807) is 6.08 Å². The summed E-state index contributed by atoms with van der Waals surface area (Å²) in [6.07, 6.45) is 47.5. The van der Waals surface area contributed by atoms with Crippen molar-refractivity contribution < 1.29 is 0 Å². The zero-order valence-corrected chi connectivity index (χ0v) is 18.5. The zero-order valence-electron chi connectivity index (χ0n) is 18.5. The van der Waals surface area contributed by atoms with Crippen molar-refractivity contribution in [2.45, 2.75) is 71.1 Å². The summed E-state index contributed by atoms with van der Waals surface area (Å²) in [4.78, 5) is 0. The molecule has 1 radical (unpaired) electrons. The van der Waals surface area contributed by atoms with E-state index in [2.05, 4.69) is 31.2 Å². The summed E-state index contributed by atoms with van der Waals surface area (Å²) in [6.45, 7) is 7.51. The highest BCUT2D eigenvalue weighted by atomic mass is 14.0. The Labute approximate surface area is 181 Å². The Hall–Kier alpha value is -2.34. The van der Waals surface area contributed by atoms with Gasteiger partial charge in [-0.2, -0.15) is 0 Å². The molecule has 0 aliphatic carbocycles. The lowest BCUT2D eigenvalue weighted by Crippen LogP contribution is -1.80. The molecule has 0 aromatic rings. The minimum Gasteiger partial charge on any atom is -0.0845 e. The third-order valence-electron chi connectivity index (χ3n) is 4.28. The molecule has 0 amide bonds. The molecule has 157 valence electrons. The Bertz CT molecular complexity index is 573. The molecule has 0 heterocycles. The highest BCUT2D eigenvalue weighted by Gasteiger charge is 1.90. The second kappa shape index (κ2) is 25.7. The average Bonchev–Trinajstić information content (AvgIpc) is 2.74. The highest BCUT2D eigenvalue weighted by molar-refractivity contribution is 5.21. The van der Waals surface area contributed by atoms with Crippen LogP contribution in [0.1, 0.15) is 71.1 Å². The second-order valence-corrected chi connectivity index (χ2v) is 6.93. The summed E-state index contributed by atoms with van der Waals surface area (Å²) < 4.78 is 0. The van der Waals surface area contributed by atoms with Crippen LogP contribution in [0.4, 0.5) is 0 Å². The molecule has 0 unspecified atom stereocenters. The molecule has 0 bridgehead atoms. The van der Waals surface area contributed by atoms with Crippen molar-refractivity contribution in [1.29, 1.82) is 0 Å². The van der Waals surface area contributed by atoms with E-state index in [-0.39, 0.29) is 0 Å². The Kier molecular flexibility index (Phi) is 23.6. The molecule has 0 saturated carbocycles. The molecular weight excluding hydrogens is 348 g/mol. The fourth-order valence-corrected chi connectivity index (χ4v) is 2.65. The largest absolute Gasteiger partial charge is 0.0845 e. The maximum atomic E-state index is 5.23. The minimum absolute atomic E-state index is 1.19. The lowest BCUT2D eigenvalue weighted by Gasteiger charge is -2.00. The lowest BCUT2D eigenvalue weighted by molar-refractivity contribution is 0.566. The van der Waals surface area contributed by atoms with Gasteiger partial charge in [0, 0.05) is 0 Å². The van der Waals surface area contributed by atoms with Crippen molar-refractivity contribution in [2.75, 3.05) is 0 Å². The van der Waals surface area contributed by atoms with Gasteiger partial charge in [-0.15, -0.1) is 0 Å². The zero-order chi connectivity index (χ0) is 21.1. The molecule has 29 heavy (non-hydrogen) atoms. The summed E-state index contributed by atoms with van der Waals surface area (Å²) in [5, 5.41) is 0. The van der Waals surface area contributed by atoms with Crippen molar-refractivity contribution in [2.24, 2.45) is 0 Å². The average molecular weight is 390 g/mol. The third-order valence-corrected chi connectivity index (χ3v) is 4.28. The van der Waals surface area contributed by atoms with Crippen LogP contribution < -0.4 is 0 Å². The van der Waals surface area contributed by atoms with Gasteiger partial charge in [0.25, 0.3) is 0 Å². The Morgan fingerprint density at radius 2 is 0.759 bits per heavy atom. The summed E-state index contributed by atoms with van der Waals surface area (Å²) in [5.41, 5.74) is 0. The summed E-state index contributed by atoms with van der Waals surface area (Å²) in [7, 11) is 0. The molecule has 0 aromatic carbocycles. The molecule has 0 fully saturated rings. The molecule has 0 heteroatoms. The number of allylic oxidation sites excluding steroid dienone is 17. The van der Waals surface area contributed by atoms with Crippen LogP contribution in [-0.4, -0.2) is 0 Å². The van der Waals surface area contributed by atoms with Crippen molar-refractivity contribution in [1.82, 2.24) is 0 Å². The summed E-state index contributed by atoms with van der Waals surface area (Å²) >= 11 is 0. The van der Waals surface area contributed by atoms with Crippen LogP contribution in [-0.2, 0) is 0 Å². The van der Waals surface area contributed by atoms with E-state index in [4.69, 9.17) is 6.58 Å². The maximum absolute atomic E-state index is 5.23. The topological polar surface area (TPSA) is 0 Å². The van der Waals surface area contributed by atoms with Gasteiger partial charge < -0.3 is 0 Å². The smallest absolute Gasteiger partial charge is 0.0348 e. The number of hydrogen-bond acceptors (Lipinski definition) is 0. The van der Waals surface area contributed by atoms with E-state index in [9.17, 15) is 0 Å². The quantitative estimate of drug-likeness (QED) is 0.162. The number of rotatable bonds is 18. The summed E-state index contributed by atoms with van der Waals surface area (Å²) in [6, 6.07) is 0. The molecule has 0 aromatic heterocycles. The van der Waals surface area contributed by atoms with Gasteiger partial charge in [-0.3, -0.25) is 0 Å². The van der Waals surface area contributed by atoms with E-state index >= 15 is 0 Å². The van der Waals surface area contributed by atoms with Gasteiger partial charge in [0.05, 0.1) is 0 Å². The molecule has 0 nitrogen and oxygen atoms in total. The van der Waals surface area contributed by atoms with Crippen LogP contribution in [0.2, 0.25) is 0 Å². The van der Waals surface area contributed by atoms with Crippen molar-refractivity contribution in [3.05, 3.63) is 110 Å². The van der Waals surface area contributed by atoms with Crippen molar-refractivity contribution >= 4 is 0 Å². The molecule has 0 atom stereocenters. The standard InChI is InChI=1S/C29H41/c1-3-5-7-9-11-13-15-17-19-21-23-25-27-29-28-26-24-22-20-18-16-14-12-10-8-6-4-2/h1,3,5,7,9,11,13,15,17,19,21,23-29H,4,6,8,10,12,14,16,18,20,22H2,2H3.